The summed E-state index contributed by atoms with van der Waals surface area (Å²) in [6, 6.07) is 16.7. The summed E-state index contributed by atoms with van der Waals surface area (Å²) < 4.78 is 0. The Bertz CT molecular complexity index is 720. The van der Waals surface area contributed by atoms with Crippen molar-refractivity contribution in [3.63, 3.8) is 0 Å². The first-order valence-electron chi connectivity index (χ1n) is 7.25. The Morgan fingerprint density at radius 3 is 2.29 bits per heavy atom. The van der Waals surface area contributed by atoms with Crippen LogP contribution in [0.25, 0.3) is 11.1 Å². The monoisotopic (exact) mass is 520 g/mol. The van der Waals surface area contributed by atoms with E-state index in [9.17, 15) is 0 Å². The number of benzene rings is 2. The second-order valence-electron chi connectivity index (χ2n) is 5.29. The van der Waals surface area contributed by atoms with Gasteiger partial charge in [-0.25, -0.2) is 0 Å². The molecule has 0 fully saturated rings. The Balaban J connectivity index is 0.000000827. The van der Waals surface area contributed by atoms with Crippen LogP contribution in [0.15, 0.2) is 67.3 Å². The molecule has 0 aromatic heterocycles. The first-order valence-corrected chi connectivity index (χ1v) is 7.25. The molecule has 0 nitrogen and oxygen atoms in total. The molecule has 2 aliphatic rings. The van der Waals surface area contributed by atoms with Gasteiger partial charge in [0.1, 0.15) is 0 Å². The van der Waals surface area contributed by atoms with Crippen LogP contribution in [0.5, 0.6) is 0 Å². The minimum absolute atomic E-state index is 0. The van der Waals surface area contributed by atoms with E-state index in [0.29, 0.717) is 5.92 Å². The van der Waals surface area contributed by atoms with Crippen LogP contribution in [0.2, 0.25) is 0 Å². The zero-order valence-electron chi connectivity index (χ0n) is 13.5. The van der Waals surface area contributed by atoms with Crippen LogP contribution in [0.3, 0.4) is 0 Å². The molecule has 0 amide bonds. The topological polar surface area (TPSA) is 0 Å². The third kappa shape index (κ3) is 4.81. The largest absolute Gasteiger partial charge is 4.00 e. The van der Waals surface area contributed by atoms with Crippen molar-refractivity contribution < 1.29 is 50.7 Å². The van der Waals surface area contributed by atoms with Crippen LogP contribution in [-0.2, 0) is 32.3 Å². The van der Waals surface area contributed by atoms with E-state index in [2.05, 4.69) is 79.4 Å². The maximum absolute atomic E-state index is 3.61. The molecular weight excluding hydrogens is 502 g/mol. The predicted molar refractivity (Wildman–Crippen MR) is 89.1 cm³/mol. The predicted octanol–water partition coefficient (Wildman–Crippen LogP) is -0.731. The summed E-state index contributed by atoms with van der Waals surface area (Å²) >= 11 is 0. The molecule has 0 atom stereocenters. The summed E-state index contributed by atoms with van der Waals surface area (Å²) in [6.07, 6.45) is 12.2. The molecule has 24 heavy (non-hydrogen) atoms. The Kier molecular flexibility index (Phi) is 10.5. The van der Waals surface area contributed by atoms with E-state index in [4.69, 9.17) is 0 Å². The van der Waals surface area contributed by atoms with Crippen LogP contribution in [0, 0.1) is 12.1 Å². The number of hydrogen-bond donors (Lipinski definition) is 0. The zero-order valence-corrected chi connectivity index (χ0v) is 18.6. The van der Waals surface area contributed by atoms with Gasteiger partial charge in [0, 0.05) is 0 Å². The van der Waals surface area contributed by atoms with E-state index in [1.807, 2.05) is 0 Å². The molecule has 0 radical (unpaired) electrons. The molecule has 120 valence electrons. The van der Waals surface area contributed by atoms with E-state index in [0.717, 1.165) is 6.42 Å². The summed E-state index contributed by atoms with van der Waals surface area (Å²) in [5, 5.41) is 0. The molecule has 4 rings (SSSR count). The normalized spacial score (nSPS) is 12.5. The van der Waals surface area contributed by atoms with Crippen molar-refractivity contribution in [2.45, 2.75) is 19.3 Å². The standard InChI is InChI=1S/C18H13.C3H5.2ClH.Hf/c1-2-6-13(5-1)14-9-10-18-16(11-14)12-15-7-3-4-8-17(15)18;1-3-2;;;/h1-10,13H,12H2;1H2,2H3;2*1H;/q2*-1;;;+4/p-2. The molecule has 2 aromatic carbocycles. The van der Waals surface area contributed by atoms with Gasteiger partial charge in [-0.15, -0.1) is 11.1 Å². The van der Waals surface area contributed by atoms with Gasteiger partial charge in [-0.3, -0.25) is 6.58 Å². The van der Waals surface area contributed by atoms with Gasteiger partial charge in [0.05, 0.1) is 0 Å². The van der Waals surface area contributed by atoms with Crippen molar-refractivity contribution >= 4 is 0 Å². The maximum atomic E-state index is 3.61. The summed E-state index contributed by atoms with van der Waals surface area (Å²) in [4.78, 5) is 0. The van der Waals surface area contributed by atoms with Crippen LogP contribution in [0.4, 0.5) is 0 Å². The van der Waals surface area contributed by atoms with E-state index in [1.165, 1.54) is 27.8 Å². The average molecular weight is 520 g/mol. The summed E-state index contributed by atoms with van der Waals surface area (Å²) in [5.41, 5.74) is 6.81. The van der Waals surface area contributed by atoms with Crippen molar-refractivity contribution in [3.8, 4) is 11.1 Å². The Morgan fingerprint density at radius 1 is 1.00 bits per heavy atom. The molecule has 0 saturated heterocycles. The van der Waals surface area contributed by atoms with E-state index in [1.54, 1.807) is 6.92 Å². The van der Waals surface area contributed by atoms with Crippen molar-refractivity contribution in [1.29, 1.82) is 0 Å². The minimum Gasteiger partial charge on any atom is -1.00 e. The minimum atomic E-state index is 0. The Hall–Kier alpha value is -0.890. The smallest absolute Gasteiger partial charge is 1.00 e. The fourth-order valence-electron chi connectivity index (χ4n) is 2.91. The molecule has 2 aromatic rings. The summed E-state index contributed by atoms with van der Waals surface area (Å²) in [5.74, 6) is 0.416. The van der Waals surface area contributed by atoms with E-state index in [-0.39, 0.29) is 50.7 Å². The average Bonchev–Trinajstić information content (AvgIpc) is 3.15. The molecule has 0 bridgehead atoms. The van der Waals surface area contributed by atoms with Gasteiger partial charge in [0.15, 0.2) is 0 Å². The van der Waals surface area contributed by atoms with E-state index >= 15 is 0 Å². The van der Waals surface area contributed by atoms with Crippen molar-refractivity contribution in [1.82, 2.24) is 0 Å². The number of fused-ring (bicyclic) bond motifs is 3. The van der Waals surface area contributed by atoms with Crippen molar-refractivity contribution in [3.05, 3.63) is 96.1 Å². The molecule has 0 aliphatic heterocycles. The van der Waals surface area contributed by atoms with Gasteiger partial charge in [0.25, 0.3) is 0 Å². The van der Waals surface area contributed by atoms with Gasteiger partial charge < -0.3 is 30.9 Å². The second-order valence-corrected chi connectivity index (χ2v) is 5.29. The van der Waals surface area contributed by atoms with Gasteiger partial charge in [-0.05, 0) is 12.3 Å². The van der Waals surface area contributed by atoms with Crippen LogP contribution < -0.4 is 24.8 Å². The molecule has 3 heteroatoms. The third-order valence-electron chi connectivity index (χ3n) is 3.83. The molecular formula is C21H18Cl2Hf. The van der Waals surface area contributed by atoms with E-state index < -0.39 is 0 Å². The molecule has 0 N–H and O–H groups in total. The summed E-state index contributed by atoms with van der Waals surface area (Å²) in [7, 11) is 0. The number of rotatable bonds is 1. The summed E-state index contributed by atoms with van der Waals surface area (Å²) in [6.45, 7) is 5.00. The first kappa shape index (κ1) is 23.1. The maximum Gasteiger partial charge on any atom is 4.00 e. The fourth-order valence-corrected chi connectivity index (χ4v) is 2.91. The van der Waals surface area contributed by atoms with Crippen LogP contribution in [-0.4, -0.2) is 0 Å². The quantitative estimate of drug-likeness (QED) is 0.294. The number of allylic oxidation sites excluding steroid dienone is 5. The zero-order chi connectivity index (χ0) is 14.7. The van der Waals surface area contributed by atoms with Crippen molar-refractivity contribution in [2.75, 3.05) is 0 Å². The van der Waals surface area contributed by atoms with Gasteiger partial charge in [-0.2, -0.15) is 30.7 Å². The first-order chi connectivity index (χ1) is 10.3. The van der Waals surface area contributed by atoms with Gasteiger partial charge >= 0.3 is 25.8 Å². The van der Waals surface area contributed by atoms with Gasteiger partial charge in [0.2, 0.25) is 0 Å². The molecule has 0 unspecified atom stereocenters. The molecule has 0 saturated carbocycles. The fraction of sp³-hybridized carbons (Fsp3) is 0.143. The second kappa shape index (κ2) is 10.9. The molecule has 2 aliphatic carbocycles. The van der Waals surface area contributed by atoms with Crippen LogP contribution in [0.1, 0.15) is 29.5 Å². The Labute approximate surface area is 176 Å². The Morgan fingerprint density at radius 2 is 1.62 bits per heavy atom. The molecule has 0 spiro atoms. The number of halogens is 2. The SMILES string of the molecule is C=[C-]C.[Cl-].[Cl-].[Hf+4].[c-]1c(C2C=CC=C2)ccc2c1Cc1ccccc1-2. The van der Waals surface area contributed by atoms with Crippen LogP contribution >= 0.6 is 0 Å². The molecule has 0 heterocycles. The third-order valence-corrected chi connectivity index (χ3v) is 3.83. The number of hydrogen-bond acceptors (Lipinski definition) is 0. The van der Waals surface area contributed by atoms with Gasteiger partial charge in [-0.1, -0.05) is 59.7 Å². The van der Waals surface area contributed by atoms with Crippen molar-refractivity contribution in [2.24, 2.45) is 0 Å².